The van der Waals surface area contributed by atoms with Gasteiger partial charge in [-0.25, -0.2) is 0 Å². The third-order valence-corrected chi connectivity index (χ3v) is 3.56. The molecule has 1 atom stereocenters. The minimum absolute atomic E-state index is 0.0737. The van der Waals surface area contributed by atoms with E-state index in [0.29, 0.717) is 10.7 Å². The molecule has 2 heterocycles. The van der Waals surface area contributed by atoms with E-state index in [9.17, 15) is 4.79 Å². The number of nitrogens with zero attached hydrogens (tertiary/aromatic N) is 2. The number of rotatable bonds is 2. The third kappa shape index (κ3) is 2.54. The molecule has 1 N–H and O–H groups in total. The second-order valence-electron chi connectivity index (χ2n) is 5.10. The summed E-state index contributed by atoms with van der Waals surface area (Å²) in [6.07, 6.45) is 1.83. The third-order valence-electron chi connectivity index (χ3n) is 3.35. The molecule has 18 heavy (non-hydrogen) atoms. The number of piperazine rings is 1. The molecular weight excluding hydrogens is 250 g/mol. The second-order valence-corrected chi connectivity index (χ2v) is 5.53. The lowest BCUT2D eigenvalue weighted by Gasteiger charge is -2.34. The SMILES string of the molecule is CC1CNCCN1C(=O)c1cc(Cl)cn1C(C)C. The van der Waals surface area contributed by atoms with Gasteiger partial charge >= 0.3 is 0 Å². The number of carbonyl (C=O) groups excluding carboxylic acids is 1. The van der Waals surface area contributed by atoms with Crippen LogP contribution in [0.4, 0.5) is 0 Å². The van der Waals surface area contributed by atoms with Crippen LogP contribution < -0.4 is 5.32 Å². The predicted octanol–water partition coefficient (Wildman–Crippen LogP) is 2.16. The molecule has 1 aliphatic heterocycles. The molecule has 0 saturated carbocycles. The van der Waals surface area contributed by atoms with Crippen molar-refractivity contribution in [3.8, 4) is 0 Å². The van der Waals surface area contributed by atoms with Crippen LogP contribution in [0.1, 0.15) is 37.3 Å². The van der Waals surface area contributed by atoms with Gasteiger partial charge in [0, 0.05) is 37.9 Å². The quantitative estimate of drug-likeness (QED) is 0.893. The molecule has 1 saturated heterocycles. The van der Waals surface area contributed by atoms with Crippen molar-refractivity contribution < 1.29 is 4.79 Å². The van der Waals surface area contributed by atoms with Crippen LogP contribution in [0.15, 0.2) is 12.3 Å². The monoisotopic (exact) mass is 269 g/mol. The first-order valence-corrected chi connectivity index (χ1v) is 6.77. The minimum Gasteiger partial charge on any atom is -0.339 e. The summed E-state index contributed by atoms with van der Waals surface area (Å²) in [7, 11) is 0. The zero-order valence-corrected chi connectivity index (χ0v) is 11.9. The molecule has 0 aliphatic carbocycles. The average molecular weight is 270 g/mol. The maximum absolute atomic E-state index is 12.6. The van der Waals surface area contributed by atoms with E-state index in [2.05, 4.69) is 12.2 Å². The Morgan fingerprint density at radius 2 is 2.28 bits per heavy atom. The van der Waals surface area contributed by atoms with E-state index in [0.717, 1.165) is 19.6 Å². The topological polar surface area (TPSA) is 37.3 Å². The van der Waals surface area contributed by atoms with Crippen molar-refractivity contribution in [2.75, 3.05) is 19.6 Å². The first kappa shape index (κ1) is 13.4. The van der Waals surface area contributed by atoms with Crippen LogP contribution in [-0.2, 0) is 0 Å². The first-order valence-electron chi connectivity index (χ1n) is 6.39. The summed E-state index contributed by atoms with van der Waals surface area (Å²) in [5, 5.41) is 3.91. The lowest BCUT2D eigenvalue weighted by atomic mass is 10.2. The molecule has 1 unspecified atom stereocenters. The van der Waals surface area contributed by atoms with Gasteiger partial charge in [0.05, 0.1) is 5.02 Å². The number of halogens is 1. The van der Waals surface area contributed by atoms with Crippen molar-refractivity contribution in [3.05, 3.63) is 23.0 Å². The molecule has 4 nitrogen and oxygen atoms in total. The number of hydrogen-bond donors (Lipinski definition) is 1. The molecule has 1 aromatic rings. The van der Waals surface area contributed by atoms with Gasteiger partial charge in [0.1, 0.15) is 5.69 Å². The second kappa shape index (κ2) is 5.33. The van der Waals surface area contributed by atoms with E-state index < -0.39 is 0 Å². The highest BCUT2D eigenvalue weighted by molar-refractivity contribution is 6.31. The molecule has 100 valence electrons. The lowest BCUT2D eigenvalue weighted by molar-refractivity contribution is 0.0643. The highest BCUT2D eigenvalue weighted by atomic mass is 35.5. The fraction of sp³-hybridized carbons (Fsp3) is 0.615. The average Bonchev–Trinajstić information content (AvgIpc) is 2.71. The smallest absolute Gasteiger partial charge is 0.270 e. The van der Waals surface area contributed by atoms with Crippen LogP contribution in [-0.4, -0.2) is 41.1 Å². The number of hydrogen-bond acceptors (Lipinski definition) is 2. The van der Waals surface area contributed by atoms with Crippen LogP contribution in [0.3, 0.4) is 0 Å². The van der Waals surface area contributed by atoms with Gasteiger partial charge in [0.15, 0.2) is 0 Å². The molecule has 1 aromatic heterocycles. The Bertz CT molecular complexity index is 441. The van der Waals surface area contributed by atoms with Gasteiger partial charge in [0.25, 0.3) is 5.91 Å². The summed E-state index contributed by atoms with van der Waals surface area (Å²) < 4.78 is 1.94. The van der Waals surface area contributed by atoms with Gasteiger partial charge in [-0.3, -0.25) is 4.79 Å². The Hall–Kier alpha value is -1.00. The van der Waals surface area contributed by atoms with Crippen LogP contribution in [0.5, 0.6) is 0 Å². The summed E-state index contributed by atoms with van der Waals surface area (Å²) >= 11 is 6.03. The highest BCUT2D eigenvalue weighted by Crippen LogP contribution is 2.21. The van der Waals surface area contributed by atoms with Gasteiger partial charge in [-0.2, -0.15) is 0 Å². The Morgan fingerprint density at radius 1 is 1.56 bits per heavy atom. The molecule has 0 aromatic carbocycles. The molecule has 0 spiro atoms. The van der Waals surface area contributed by atoms with E-state index in [4.69, 9.17) is 11.6 Å². The number of nitrogens with one attached hydrogen (secondary N) is 1. The molecule has 2 rings (SSSR count). The predicted molar refractivity (Wildman–Crippen MR) is 73.2 cm³/mol. The van der Waals surface area contributed by atoms with Gasteiger partial charge in [0.2, 0.25) is 0 Å². The van der Waals surface area contributed by atoms with Crippen LogP contribution >= 0.6 is 11.6 Å². The standard InChI is InChI=1S/C13H20ClN3O/c1-9(2)17-8-11(14)6-12(17)13(18)16-5-4-15-7-10(16)3/h6,8-10,15H,4-5,7H2,1-3H3. The zero-order valence-electron chi connectivity index (χ0n) is 11.1. The van der Waals surface area contributed by atoms with E-state index in [-0.39, 0.29) is 18.0 Å². The highest BCUT2D eigenvalue weighted by Gasteiger charge is 2.26. The van der Waals surface area contributed by atoms with Crippen molar-refractivity contribution in [2.24, 2.45) is 0 Å². The fourth-order valence-electron chi connectivity index (χ4n) is 2.33. The van der Waals surface area contributed by atoms with Crippen molar-refractivity contribution in [1.82, 2.24) is 14.8 Å². The molecule has 1 aliphatic rings. The van der Waals surface area contributed by atoms with Crippen LogP contribution in [0, 0.1) is 0 Å². The Morgan fingerprint density at radius 3 is 2.89 bits per heavy atom. The maximum atomic E-state index is 12.6. The molecule has 5 heteroatoms. The van der Waals surface area contributed by atoms with Crippen LogP contribution in [0.25, 0.3) is 0 Å². The van der Waals surface area contributed by atoms with Crippen molar-refractivity contribution in [1.29, 1.82) is 0 Å². The molecular formula is C13H20ClN3O. The molecule has 0 radical (unpaired) electrons. The summed E-state index contributed by atoms with van der Waals surface area (Å²) in [6, 6.07) is 2.22. The maximum Gasteiger partial charge on any atom is 0.270 e. The fourth-order valence-corrected chi connectivity index (χ4v) is 2.54. The van der Waals surface area contributed by atoms with E-state index in [1.54, 1.807) is 6.07 Å². The molecule has 0 bridgehead atoms. The van der Waals surface area contributed by atoms with Crippen molar-refractivity contribution >= 4 is 17.5 Å². The summed E-state index contributed by atoms with van der Waals surface area (Å²) in [6.45, 7) is 8.62. The van der Waals surface area contributed by atoms with Gasteiger partial charge in [-0.05, 0) is 26.8 Å². The Balaban J connectivity index is 2.27. The largest absolute Gasteiger partial charge is 0.339 e. The lowest BCUT2D eigenvalue weighted by Crippen LogP contribution is -2.52. The molecule has 1 fully saturated rings. The zero-order chi connectivity index (χ0) is 13.3. The van der Waals surface area contributed by atoms with Crippen molar-refractivity contribution in [2.45, 2.75) is 32.9 Å². The Labute approximate surface area is 113 Å². The normalized spacial score (nSPS) is 20.5. The molecule has 1 amide bonds. The van der Waals surface area contributed by atoms with Gasteiger partial charge < -0.3 is 14.8 Å². The van der Waals surface area contributed by atoms with E-state index in [1.165, 1.54) is 0 Å². The number of aromatic nitrogens is 1. The van der Waals surface area contributed by atoms with Gasteiger partial charge in [-0.1, -0.05) is 11.6 Å². The number of amides is 1. The summed E-state index contributed by atoms with van der Waals surface area (Å²) in [5.41, 5.74) is 0.684. The summed E-state index contributed by atoms with van der Waals surface area (Å²) in [4.78, 5) is 14.5. The Kier molecular flexibility index (Phi) is 3.97. The van der Waals surface area contributed by atoms with Gasteiger partial charge in [-0.15, -0.1) is 0 Å². The first-order chi connectivity index (χ1) is 8.50. The van der Waals surface area contributed by atoms with Crippen LogP contribution in [0.2, 0.25) is 5.02 Å². The minimum atomic E-state index is 0.0737. The van der Waals surface area contributed by atoms with Crippen molar-refractivity contribution in [3.63, 3.8) is 0 Å². The summed E-state index contributed by atoms with van der Waals surface area (Å²) in [5.74, 6) is 0.0737. The van der Waals surface area contributed by atoms with E-state index >= 15 is 0 Å². The van der Waals surface area contributed by atoms with E-state index in [1.807, 2.05) is 29.5 Å². The number of carbonyl (C=O) groups is 1.